The molecule has 55 heavy (non-hydrogen) atoms. The highest BCUT2D eigenvalue weighted by atomic mass is 33.1. The zero-order valence-corrected chi connectivity index (χ0v) is 31.8. The Bertz CT molecular complexity index is 1990. The van der Waals surface area contributed by atoms with Crippen LogP contribution in [0.3, 0.4) is 0 Å². The molecule has 8 N–H and O–H groups in total. The Morgan fingerprint density at radius 1 is 0.945 bits per heavy atom. The van der Waals surface area contributed by atoms with E-state index in [2.05, 4.69) is 16.7 Å². The molecule has 7 unspecified atom stereocenters. The highest BCUT2D eigenvalue weighted by Crippen LogP contribution is 2.55. The Morgan fingerprint density at radius 2 is 1.73 bits per heavy atom. The summed E-state index contributed by atoms with van der Waals surface area (Å²) >= 11 is 0. The molecule has 7 atom stereocenters. The molecule has 8 rings (SSSR count). The van der Waals surface area contributed by atoms with Crippen LogP contribution in [0.1, 0.15) is 63.9 Å². The van der Waals surface area contributed by atoms with Crippen LogP contribution in [0.25, 0.3) is 0 Å². The number of dihydropyridines is 1. The molecular weight excluding hydrogens is 745 g/mol. The summed E-state index contributed by atoms with van der Waals surface area (Å²) in [6.45, 7) is -0.304. The summed E-state index contributed by atoms with van der Waals surface area (Å²) in [6.07, 6.45) is 4.35. The number of nitrogens with one attached hydrogen (secondary N) is 2. The molecule has 14 heteroatoms. The monoisotopic (exact) mass is 790 g/mol. The van der Waals surface area contributed by atoms with Crippen molar-refractivity contribution in [3.8, 4) is 5.75 Å². The summed E-state index contributed by atoms with van der Waals surface area (Å²) in [5.41, 5.74) is -1.31. The molecule has 6 aliphatic rings. The molecule has 2 fully saturated rings. The van der Waals surface area contributed by atoms with Gasteiger partial charge in [-0.2, -0.15) is 0 Å². The highest BCUT2D eigenvalue weighted by Gasteiger charge is 2.61. The normalized spacial score (nSPS) is 33.0. The molecule has 0 aromatic heterocycles. The van der Waals surface area contributed by atoms with Crippen molar-refractivity contribution in [2.75, 3.05) is 24.8 Å². The number of rotatable bonds is 4. The number of carbonyl (C=O) groups excluding carboxylic acids is 2. The van der Waals surface area contributed by atoms with Crippen molar-refractivity contribution in [1.29, 1.82) is 0 Å². The average Bonchev–Trinajstić information content (AvgIpc) is 3.67. The average molecular weight is 791 g/mol. The Hall–Kier alpha value is -3.60. The Balaban J connectivity index is 1.22. The molecular formula is C41H46N2O10S2. The molecule has 12 nitrogen and oxygen atoms in total. The number of carbonyl (C=O) groups is 2. The Kier molecular flexibility index (Phi) is 10.5. The second-order valence-corrected chi connectivity index (χ2v) is 17.9. The number of fused-ring (bicyclic) bond motifs is 4. The highest BCUT2D eigenvalue weighted by molar-refractivity contribution is 8.76. The van der Waals surface area contributed by atoms with Crippen molar-refractivity contribution in [2.45, 2.75) is 75.3 Å². The summed E-state index contributed by atoms with van der Waals surface area (Å²) < 4.78 is 12.2. The van der Waals surface area contributed by atoms with Crippen molar-refractivity contribution in [3.63, 3.8) is 0 Å². The van der Waals surface area contributed by atoms with Crippen molar-refractivity contribution < 1.29 is 49.7 Å². The van der Waals surface area contributed by atoms with Crippen molar-refractivity contribution in [2.24, 2.45) is 16.7 Å². The molecule has 2 aromatic carbocycles. The largest absolute Gasteiger partial charge is 0.511 e. The summed E-state index contributed by atoms with van der Waals surface area (Å²) in [4.78, 5) is 29.7. The first-order valence-electron chi connectivity index (χ1n) is 18.7. The van der Waals surface area contributed by atoms with Crippen LogP contribution in [0.5, 0.6) is 5.75 Å². The first-order valence-corrected chi connectivity index (χ1v) is 21.2. The van der Waals surface area contributed by atoms with Gasteiger partial charge in [0.1, 0.15) is 40.8 Å². The quantitative estimate of drug-likeness (QED) is 0.209. The molecule has 6 bridgehead atoms. The van der Waals surface area contributed by atoms with Crippen LogP contribution in [-0.4, -0.2) is 97.2 Å². The van der Waals surface area contributed by atoms with E-state index >= 15 is 4.79 Å². The third kappa shape index (κ3) is 6.54. The van der Waals surface area contributed by atoms with E-state index in [9.17, 15) is 35.4 Å². The van der Waals surface area contributed by atoms with Gasteiger partial charge in [0.05, 0.1) is 36.4 Å². The number of benzene rings is 2. The summed E-state index contributed by atoms with van der Waals surface area (Å²) in [5, 5.41) is 74.7. The Morgan fingerprint density at radius 3 is 2.51 bits per heavy atom. The fraction of sp³-hybridized carbons (Fsp3) is 0.463. The SMILES string of the molecule is O=C1c2cccc3c2C(=O)C2(CSSCNC4=CC(=CCN4)C4(CCCC4)CC4(O)C(O)C(CO)OC(O3)C4O)C(O)=CC(Cc3cccc(CO)c3)=CC12. The summed E-state index contributed by atoms with van der Waals surface area (Å²) in [5.74, 6) is -1.15. The second-order valence-electron chi connectivity index (χ2n) is 15.4. The van der Waals surface area contributed by atoms with E-state index in [1.807, 2.05) is 24.3 Å². The van der Waals surface area contributed by atoms with E-state index in [4.69, 9.17) is 9.47 Å². The van der Waals surface area contributed by atoms with E-state index < -0.39 is 65.1 Å². The molecule has 1 saturated heterocycles. The van der Waals surface area contributed by atoms with Gasteiger partial charge in [-0.05, 0) is 71.6 Å². The standard InChI is InChI=1S/C41H46N2O10S2/c44-18-24-6-3-5-23(13-24)14-25-15-28-34(47)27-7-4-8-29-33(27)36(49)40(28,31(46)16-25)21-54-55-22-43-32-17-26(9-12-42-32)39(10-1-2-11-39)20-41(51)35(48)30(19-45)53-38(52-29)37(41)50/h3-9,13,15-17,28,30,35,37-38,42-46,48,50-51H,1-2,10-12,14,18-22H2. The van der Waals surface area contributed by atoms with Gasteiger partial charge in [0.15, 0.2) is 11.6 Å². The molecule has 2 aromatic rings. The van der Waals surface area contributed by atoms with E-state index in [1.165, 1.54) is 33.7 Å². The maximum Gasteiger partial charge on any atom is 0.229 e. The van der Waals surface area contributed by atoms with E-state index in [0.717, 1.165) is 35.4 Å². The predicted molar refractivity (Wildman–Crippen MR) is 207 cm³/mol. The molecule has 3 aliphatic heterocycles. The molecule has 292 valence electrons. The van der Waals surface area contributed by atoms with E-state index in [0.29, 0.717) is 37.3 Å². The Labute approximate surface area is 326 Å². The van der Waals surface area contributed by atoms with Gasteiger partial charge in [-0.15, -0.1) is 0 Å². The van der Waals surface area contributed by atoms with Crippen LogP contribution in [0.2, 0.25) is 0 Å². The lowest BCUT2D eigenvalue weighted by molar-refractivity contribution is -0.319. The molecule has 1 saturated carbocycles. The fourth-order valence-electron chi connectivity index (χ4n) is 9.38. The van der Waals surface area contributed by atoms with E-state index in [-0.39, 0.29) is 41.4 Å². The van der Waals surface area contributed by atoms with Crippen molar-refractivity contribution >= 4 is 33.2 Å². The van der Waals surface area contributed by atoms with Gasteiger partial charge >= 0.3 is 0 Å². The van der Waals surface area contributed by atoms with Gasteiger partial charge in [-0.25, -0.2) is 0 Å². The lowest BCUT2D eigenvalue weighted by atomic mass is 9.60. The third-order valence-corrected chi connectivity index (χ3v) is 14.5. The van der Waals surface area contributed by atoms with E-state index in [1.54, 1.807) is 24.3 Å². The summed E-state index contributed by atoms with van der Waals surface area (Å²) in [6, 6.07) is 11.9. The topological polar surface area (TPSA) is 198 Å². The number of aliphatic hydroxyl groups excluding tert-OH is 5. The lowest BCUT2D eigenvalue weighted by Gasteiger charge is -2.51. The van der Waals surface area contributed by atoms with Crippen LogP contribution in [0, 0.1) is 16.7 Å². The minimum absolute atomic E-state index is 0.0380. The molecule has 2 spiro atoms. The number of ketones is 2. The zero-order valence-electron chi connectivity index (χ0n) is 30.1. The zero-order chi connectivity index (χ0) is 38.5. The number of hydrogen-bond donors (Lipinski definition) is 8. The first-order chi connectivity index (χ1) is 26.5. The first kappa shape index (κ1) is 38.3. The lowest BCUT2D eigenvalue weighted by Crippen LogP contribution is -2.69. The van der Waals surface area contributed by atoms with Gasteiger partial charge in [0.2, 0.25) is 6.29 Å². The van der Waals surface area contributed by atoms with Crippen LogP contribution < -0.4 is 15.4 Å². The van der Waals surface area contributed by atoms with Crippen molar-refractivity contribution in [1.82, 2.24) is 10.6 Å². The molecule has 3 heterocycles. The maximum atomic E-state index is 15.1. The van der Waals surface area contributed by atoms with Gasteiger partial charge in [0.25, 0.3) is 0 Å². The minimum atomic E-state index is -2.20. The van der Waals surface area contributed by atoms with Gasteiger partial charge in [-0.1, -0.05) is 83.0 Å². The van der Waals surface area contributed by atoms with Crippen molar-refractivity contribution in [3.05, 3.63) is 112 Å². The second kappa shape index (κ2) is 15.1. The molecule has 0 amide bonds. The summed E-state index contributed by atoms with van der Waals surface area (Å²) in [7, 11) is 2.80. The number of allylic oxidation sites excluding steroid dienone is 6. The predicted octanol–water partition coefficient (Wildman–Crippen LogP) is 3.60. The third-order valence-electron chi connectivity index (χ3n) is 12.2. The maximum absolute atomic E-state index is 15.1. The molecule has 0 radical (unpaired) electrons. The van der Waals surface area contributed by atoms with Crippen LogP contribution in [0.4, 0.5) is 0 Å². The van der Waals surface area contributed by atoms with Crippen LogP contribution in [-0.2, 0) is 17.8 Å². The van der Waals surface area contributed by atoms with Gasteiger partial charge in [0, 0.05) is 17.9 Å². The number of ether oxygens (including phenoxy) is 2. The van der Waals surface area contributed by atoms with Crippen LogP contribution >= 0.6 is 21.6 Å². The molecule has 3 aliphatic carbocycles. The number of aliphatic hydroxyl groups is 6. The number of Topliss-reactive ketones (excluding diaryl/α,β-unsaturated/α-hetero) is 2. The smallest absolute Gasteiger partial charge is 0.229 e. The number of hydrogen-bond acceptors (Lipinski definition) is 14. The fourth-order valence-corrected chi connectivity index (χ4v) is 11.6. The minimum Gasteiger partial charge on any atom is -0.511 e. The van der Waals surface area contributed by atoms with Crippen LogP contribution in [0.15, 0.2) is 89.5 Å². The van der Waals surface area contributed by atoms with Gasteiger partial charge < -0.3 is 50.7 Å². The van der Waals surface area contributed by atoms with Gasteiger partial charge in [-0.3, -0.25) is 9.59 Å².